The molecular weight excluding hydrogens is 1830 g/mol. The summed E-state index contributed by atoms with van der Waals surface area (Å²) in [4.78, 5) is 76.9. The van der Waals surface area contributed by atoms with Gasteiger partial charge in [-0.15, -0.1) is 0 Å². The Morgan fingerprint density at radius 1 is 0.495 bits per heavy atom. The monoisotopic (exact) mass is 1890 g/mol. The minimum Gasteiger partial charge on any atom is -0.481 e. The fourth-order valence-corrected chi connectivity index (χ4v) is 14.0. The molecule has 10 rings (SSSR count). The first-order valence-corrected chi connectivity index (χ1v) is 37.2. The summed E-state index contributed by atoms with van der Waals surface area (Å²) in [6, 6.07) is 25.0. The number of ketones is 1. The Balaban J connectivity index is 0.000000298. The molecule has 3 aliphatic rings. The van der Waals surface area contributed by atoms with Crippen molar-refractivity contribution in [2.24, 2.45) is 5.92 Å². The molecule has 0 bridgehead atoms. The summed E-state index contributed by atoms with van der Waals surface area (Å²) in [5, 5.41) is 9.17. The first-order valence-electron chi connectivity index (χ1n) is 30.5. The Kier molecular flexibility index (Phi) is 41.0. The zero-order valence-electron chi connectivity index (χ0n) is 54.1. The number of carbonyl (C=O) groups is 7. The third-order valence-electron chi connectivity index (χ3n) is 14.0. The number of ether oxygens (including phenoxy) is 4. The van der Waals surface area contributed by atoms with Crippen molar-refractivity contribution >= 4 is 169 Å². The molecule has 1 N–H and O–H groups in total. The second-order valence-electron chi connectivity index (χ2n) is 21.1. The Morgan fingerprint density at radius 2 is 0.929 bits per heavy atom. The van der Waals surface area contributed by atoms with Crippen LogP contribution < -0.4 is 0 Å². The molecule has 7 aromatic carbocycles. The molecule has 0 atom stereocenters. The number of aryl methyl sites for hydroxylation is 4. The number of hydrogen-bond acceptors (Lipinski definition) is 11. The van der Waals surface area contributed by atoms with E-state index in [-0.39, 0.29) is 86.1 Å². The number of carbonyl (C=O) groups excluding carboxylic acids is 6. The number of hydrogen-bond donors (Lipinski definition) is 1. The molecular formula is C72H69Br8F7O12. The molecule has 0 saturated heterocycles. The maximum atomic E-state index is 13.2. The highest BCUT2D eigenvalue weighted by atomic mass is 79.9. The fourth-order valence-electron chi connectivity index (χ4n) is 9.24. The van der Waals surface area contributed by atoms with E-state index in [1.165, 1.54) is 83.9 Å². The standard InChI is InChI=1S/C14H16BrFO4.C10H8BrFO.C9H8BrFO2.C9H6BrFO.C9H8BrF.C7H5Br2F.C7H6BrF.C7H12O4/c1-3-19-13(17)11(14(18)20-4-2)7-9-5-6-10(16)8-12(9)15;11-10-7-3-1-2-6(7)4-9(12)8(10)5-13;10-8-5-7(11)3-1-6(8)2-4-9(12)13;10-8-4-5(11)3-7-6(8)1-2-9(7)12;10-9-5-7(11)4-6-2-1-3-8(6)9;8-4-5-1-2-6(10)3-7(5)9;1-5-2-3-6(9)4-7(5)8;1-3-10-6(8)5-7(9)11-4-2/h5-6,8,11H,3-4,7H2,1-2H3;4-5H,1-3H2;1,3,5H,2,4H2,(H,12,13);3-4H,1-2H2;4-5H,1-3H2;1-3H,4H2;2-4H,1H3;3-5H2,1-2H3. The van der Waals surface area contributed by atoms with Gasteiger partial charge in [0.25, 0.3) is 0 Å². The Bertz CT molecular complexity index is 3880. The van der Waals surface area contributed by atoms with Crippen LogP contribution in [0.15, 0.2) is 134 Å². The van der Waals surface area contributed by atoms with E-state index < -0.39 is 47.4 Å². The molecule has 0 radical (unpaired) electrons. The average molecular weight is 1900 g/mol. The lowest BCUT2D eigenvalue weighted by molar-refractivity contribution is -0.162. The van der Waals surface area contributed by atoms with Crippen LogP contribution in [0, 0.1) is 53.6 Å². The largest absolute Gasteiger partial charge is 0.481 e. The van der Waals surface area contributed by atoms with Crippen LogP contribution in [0.4, 0.5) is 30.7 Å². The fraction of sp³-hybridized carbons (Fsp3) is 0.319. The molecule has 534 valence electrons. The maximum Gasteiger partial charge on any atom is 0.320 e. The predicted molar refractivity (Wildman–Crippen MR) is 392 cm³/mol. The van der Waals surface area contributed by atoms with Crippen molar-refractivity contribution < 1.29 is 88.3 Å². The van der Waals surface area contributed by atoms with Gasteiger partial charge in [0.05, 0.1) is 32.0 Å². The summed E-state index contributed by atoms with van der Waals surface area (Å²) in [6.45, 7) is 9.55. The van der Waals surface area contributed by atoms with E-state index in [2.05, 4.69) is 137 Å². The quantitative estimate of drug-likeness (QED) is 0.0257. The number of alkyl halides is 1. The lowest BCUT2D eigenvalue weighted by Crippen LogP contribution is -2.30. The number of rotatable bonds is 15. The van der Waals surface area contributed by atoms with E-state index in [1.807, 2.05) is 6.92 Å². The van der Waals surface area contributed by atoms with E-state index in [0.29, 0.717) is 48.1 Å². The van der Waals surface area contributed by atoms with E-state index in [0.717, 1.165) is 97.1 Å². The molecule has 3 aliphatic carbocycles. The van der Waals surface area contributed by atoms with Crippen molar-refractivity contribution in [1.82, 2.24) is 0 Å². The van der Waals surface area contributed by atoms with Crippen LogP contribution in [0.3, 0.4) is 0 Å². The third kappa shape index (κ3) is 31.0. The van der Waals surface area contributed by atoms with Gasteiger partial charge in [0, 0.05) is 55.0 Å². The van der Waals surface area contributed by atoms with E-state index >= 15 is 0 Å². The van der Waals surface area contributed by atoms with Crippen molar-refractivity contribution in [3.63, 3.8) is 0 Å². The molecule has 99 heavy (non-hydrogen) atoms. The Morgan fingerprint density at radius 3 is 1.38 bits per heavy atom. The van der Waals surface area contributed by atoms with Crippen molar-refractivity contribution in [1.29, 1.82) is 0 Å². The normalized spacial score (nSPS) is 11.7. The molecule has 0 aromatic heterocycles. The van der Waals surface area contributed by atoms with Gasteiger partial charge < -0.3 is 24.1 Å². The highest BCUT2D eigenvalue weighted by molar-refractivity contribution is 9.11. The van der Waals surface area contributed by atoms with Gasteiger partial charge in [-0.05, 0) is 237 Å². The first kappa shape index (κ1) is 87.8. The number of carboxylic acids is 1. The highest BCUT2D eigenvalue weighted by Gasteiger charge is 2.31. The molecule has 0 heterocycles. The predicted octanol–water partition coefficient (Wildman–Crippen LogP) is 21.0. The van der Waals surface area contributed by atoms with Crippen LogP contribution in [0.2, 0.25) is 0 Å². The zero-order chi connectivity index (χ0) is 74.1. The van der Waals surface area contributed by atoms with Gasteiger partial charge in [0.15, 0.2) is 18.0 Å². The van der Waals surface area contributed by atoms with Crippen molar-refractivity contribution in [3.8, 4) is 0 Å². The second kappa shape index (κ2) is 46.2. The topological polar surface area (TPSA) is 177 Å². The van der Waals surface area contributed by atoms with Gasteiger partial charge in [-0.3, -0.25) is 33.6 Å². The maximum absolute atomic E-state index is 13.2. The molecule has 7 aromatic rings. The summed E-state index contributed by atoms with van der Waals surface area (Å²) >= 11 is 26.0. The van der Waals surface area contributed by atoms with Gasteiger partial charge in [-0.2, -0.15) is 0 Å². The average Bonchev–Trinajstić information content (AvgIpc) is 1.72. The van der Waals surface area contributed by atoms with Gasteiger partial charge >= 0.3 is 29.8 Å². The number of carboxylic acid groups (broad SMARTS) is 1. The highest BCUT2D eigenvalue weighted by Crippen LogP contribution is 2.34. The molecule has 0 amide bonds. The summed E-state index contributed by atoms with van der Waals surface area (Å²) in [5.74, 6) is -6.23. The van der Waals surface area contributed by atoms with Crippen molar-refractivity contribution in [2.75, 3.05) is 26.4 Å². The van der Waals surface area contributed by atoms with Crippen molar-refractivity contribution in [3.05, 3.63) is 236 Å². The zero-order valence-corrected chi connectivity index (χ0v) is 66.8. The smallest absolute Gasteiger partial charge is 0.320 e. The molecule has 0 fully saturated rings. The summed E-state index contributed by atoms with van der Waals surface area (Å²) < 4.78 is 113. The molecule has 27 heteroatoms. The molecule has 0 saturated carbocycles. The molecule has 0 spiro atoms. The molecule has 0 aliphatic heterocycles. The first-order chi connectivity index (χ1) is 46.9. The SMILES string of the molecule is CCOC(=O)C(Cc1ccc(F)cc1Br)C(=O)OCC.CCOC(=O)CC(=O)OCC.Cc1ccc(F)cc1Br.Fc1cc(Br)c2c(c1)CCC2.Fc1ccc(CBr)c(Br)c1.O=C(O)CCc1ccc(F)cc1Br.O=C1CCc2c(Br)cc(F)cc21.O=Cc1c(F)cc2c(c1Br)CCC2. The van der Waals surface area contributed by atoms with Crippen LogP contribution in [-0.4, -0.2) is 73.4 Å². The Labute approximate surface area is 637 Å². The van der Waals surface area contributed by atoms with Crippen LogP contribution in [0.25, 0.3) is 0 Å². The van der Waals surface area contributed by atoms with Gasteiger partial charge in [0.1, 0.15) is 47.1 Å². The van der Waals surface area contributed by atoms with Gasteiger partial charge in [0.2, 0.25) is 0 Å². The lowest BCUT2D eigenvalue weighted by atomic mass is 9.99. The van der Waals surface area contributed by atoms with Gasteiger partial charge in [-0.25, -0.2) is 30.7 Å². The minimum atomic E-state index is -1.04. The summed E-state index contributed by atoms with van der Waals surface area (Å²) in [7, 11) is 0. The third-order valence-corrected chi connectivity index (χ3v) is 20.0. The van der Waals surface area contributed by atoms with Gasteiger partial charge in [-0.1, -0.05) is 136 Å². The summed E-state index contributed by atoms with van der Waals surface area (Å²) in [5.41, 5.74) is 9.81. The van der Waals surface area contributed by atoms with Crippen molar-refractivity contribution in [2.45, 2.75) is 117 Å². The number of fused-ring (bicyclic) bond motifs is 3. The number of Topliss-reactive ketones (excluding diaryl/α,β-unsaturated/α-hetero) is 1. The van der Waals surface area contributed by atoms with Crippen LogP contribution in [0.1, 0.15) is 131 Å². The van der Waals surface area contributed by atoms with Crippen LogP contribution in [0.5, 0.6) is 0 Å². The minimum absolute atomic E-state index is 0.0465. The molecule has 12 nitrogen and oxygen atoms in total. The number of benzene rings is 7. The number of aliphatic carboxylic acids is 1. The number of aldehydes is 1. The lowest BCUT2D eigenvalue weighted by Gasteiger charge is -2.15. The summed E-state index contributed by atoms with van der Waals surface area (Å²) in [6.07, 6.45) is 8.29. The molecule has 0 unspecified atom stereocenters. The Hall–Kier alpha value is -5.42. The van der Waals surface area contributed by atoms with E-state index in [1.54, 1.807) is 58.0 Å². The van der Waals surface area contributed by atoms with Crippen LogP contribution in [-0.2, 0) is 93.2 Å². The second-order valence-corrected chi connectivity index (χ2v) is 27.6. The number of halogens is 15. The number of esters is 4. The van der Waals surface area contributed by atoms with E-state index in [9.17, 15) is 64.3 Å². The van der Waals surface area contributed by atoms with Crippen LogP contribution >= 0.6 is 127 Å². The van der Waals surface area contributed by atoms with E-state index in [4.69, 9.17) is 14.6 Å².